The summed E-state index contributed by atoms with van der Waals surface area (Å²) in [5.74, 6) is -1.21. The van der Waals surface area contributed by atoms with Gasteiger partial charge in [-0.2, -0.15) is 0 Å². The number of aliphatic hydroxyl groups excluding tert-OH is 5. The number of rotatable bonds is 51. The van der Waals surface area contributed by atoms with Crippen molar-refractivity contribution >= 4 is 11.9 Å². The van der Waals surface area contributed by atoms with Crippen LogP contribution in [0.3, 0.4) is 0 Å². The Morgan fingerprint density at radius 3 is 1.47 bits per heavy atom. The van der Waals surface area contributed by atoms with Gasteiger partial charge >= 0.3 is 5.97 Å². The minimum Gasteiger partial charge on any atom is -0.454 e. The van der Waals surface area contributed by atoms with Gasteiger partial charge in [-0.3, -0.25) is 9.59 Å². The second kappa shape index (κ2) is 51.1. The molecule has 0 aromatic carbocycles. The number of hydrogen-bond acceptors (Lipinski definition) is 10. The van der Waals surface area contributed by atoms with Crippen molar-refractivity contribution in [3.8, 4) is 0 Å². The fraction of sp³-hybridized carbons (Fsp3) is 0.810. The van der Waals surface area contributed by atoms with Crippen LogP contribution >= 0.6 is 0 Å². The van der Waals surface area contributed by atoms with Crippen LogP contribution in [0.5, 0.6) is 0 Å². The van der Waals surface area contributed by atoms with E-state index in [1.165, 1.54) is 122 Å². The van der Waals surface area contributed by atoms with Crippen LogP contribution in [0.15, 0.2) is 60.8 Å². The molecule has 8 unspecified atom stereocenters. The Morgan fingerprint density at radius 1 is 0.527 bits per heavy atom. The average Bonchev–Trinajstić information content (AvgIpc) is 3.40. The molecule has 1 aliphatic heterocycles. The van der Waals surface area contributed by atoms with E-state index in [-0.39, 0.29) is 19.4 Å². The third-order valence-corrected chi connectivity index (χ3v) is 14.1. The first-order chi connectivity index (χ1) is 36.2. The van der Waals surface area contributed by atoms with Gasteiger partial charge in [-0.05, 0) is 83.5 Å². The fourth-order valence-electron chi connectivity index (χ4n) is 9.23. The fourth-order valence-corrected chi connectivity index (χ4v) is 9.23. The van der Waals surface area contributed by atoms with Crippen molar-refractivity contribution in [1.29, 1.82) is 0 Å². The molecule has 0 radical (unpaired) electrons. The maximum Gasteiger partial charge on any atom is 0.306 e. The monoisotopic (exact) mass is 1040 g/mol. The highest BCUT2D eigenvalue weighted by molar-refractivity contribution is 5.80. The van der Waals surface area contributed by atoms with Crippen LogP contribution in [0.4, 0.5) is 0 Å². The molecule has 1 fully saturated rings. The predicted octanol–water partition coefficient (Wildman–Crippen LogP) is 14.2. The summed E-state index contributed by atoms with van der Waals surface area (Å²) < 4.78 is 17.6. The number of carbonyl (C=O) groups excluding carboxylic acids is 2. The van der Waals surface area contributed by atoms with Gasteiger partial charge in [0.05, 0.1) is 25.4 Å². The van der Waals surface area contributed by atoms with Crippen molar-refractivity contribution in [2.24, 2.45) is 0 Å². The van der Waals surface area contributed by atoms with E-state index in [0.29, 0.717) is 12.8 Å². The summed E-state index contributed by atoms with van der Waals surface area (Å²) in [6.07, 6.45) is 52.7. The van der Waals surface area contributed by atoms with Gasteiger partial charge in [0, 0.05) is 6.42 Å². The molecular formula is C63H113NO10. The standard InChI is InChI=1S/C63H113NO10/c1-4-7-10-13-16-19-22-24-25-26-27-28-29-30-31-32-33-36-38-41-44-47-50-56(67)62(71)64-54(55(66)49-46-43-40-37-35-23-20-17-14-11-8-5-2)53-72-63-61(60(70)59(69)57(52-65)73-63)74-58(68)51-48-45-42-39-34-21-18-15-12-9-6-3/h15-16,18-19,24-25,27-28,46,49,54-57,59-61,63,65-67,69-70H,4-14,17,20-23,26,29-45,47-48,50-53H2,1-3H3,(H,64,71)/b18-15-,19-16-,25-24-,28-27-,49-46+. The van der Waals surface area contributed by atoms with Gasteiger partial charge < -0.3 is 45.1 Å². The van der Waals surface area contributed by atoms with E-state index in [4.69, 9.17) is 14.2 Å². The van der Waals surface area contributed by atoms with E-state index in [1.807, 2.05) is 6.08 Å². The van der Waals surface area contributed by atoms with Gasteiger partial charge in [0.15, 0.2) is 12.4 Å². The number of unbranched alkanes of at least 4 members (excludes halogenated alkanes) is 29. The van der Waals surface area contributed by atoms with Crippen LogP contribution in [0.25, 0.3) is 0 Å². The Kier molecular flexibility index (Phi) is 47.9. The molecule has 0 aromatic heterocycles. The molecule has 0 aromatic rings. The highest BCUT2D eigenvalue weighted by atomic mass is 16.7. The number of amides is 1. The Morgan fingerprint density at radius 2 is 0.946 bits per heavy atom. The van der Waals surface area contributed by atoms with Crippen LogP contribution in [-0.2, 0) is 23.8 Å². The first-order valence-corrected chi connectivity index (χ1v) is 30.6. The van der Waals surface area contributed by atoms with Gasteiger partial charge in [0.2, 0.25) is 5.91 Å². The van der Waals surface area contributed by atoms with Crippen molar-refractivity contribution in [3.05, 3.63) is 60.8 Å². The molecule has 0 spiro atoms. The van der Waals surface area contributed by atoms with Crippen molar-refractivity contribution < 1.29 is 49.3 Å². The summed E-state index contributed by atoms with van der Waals surface area (Å²) in [4.78, 5) is 26.5. The van der Waals surface area contributed by atoms with Gasteiger partial charge in [-0.25, -0.2) is 0 Å². The maximum atomic E-state index is 13.4. The number of ether oxygens (including phenoxy) is 3. The van der Waals surface area contributed by atoms with E-state index >= 15 is 0 Å². The molecule has 1 saturated heterocycles. The predicted molar refractivity (Wildman–Crippen MR) is 306 cm³/mol. The molecule has 11 heteroatoms. The lowest BCUT2D eigenvalue weighted by atomic mass is 9.99. The molecule has 1 rings (SSSR count). The molecule has 8 atom stereocenters. The summed E-state index contributed by atoms with van der Waals surface area (Å²) in [6.45, 7) is 5.71. The normalized spacial score (nSPS) is 19.7. The zero-order chi connectivity index (χ0) is 54.0. The Hall–Kier alpha value is -2.64. The first kappa shape index (κ1) is 69.4. The van der Waals surface area contributed by atoms with Crippen molar-refractivity contribution in [1.82, 2.24) is 5.32 Å². The average molecular weight is 1040 g/mol. The van der Waals surface area contributed by atoms with Crippen LogP contribution in [0.2, 0.25) is 0 Å². The third kappa shape index (κ3) is 38.8. The quantitative estimate of drug-likeness (QED) is 0.0195. The van der Waals surface area contributed by atoms with Crippen LogP contribution in [0.1, 0.15) is 265 Å². The maximum absolute atomic E-state index is 13.4. The molecule has 430 valence electrons. The van der Waals surface area contributed by atoms with Crippen LogP contribution in [0, 0.1) is 0 Å². The second-order valence-corrected chi connectivity index (χ2v) is 21.1. The number of carbonyl (C=O) groups is 2. The highest BCUT2D eigenvalue weighted by Gasteiger charge is 2.47. The van der Waals surface area contributed by atoms with Gasteiger partial charge in [-0.15, -0.1) is 0 Å². The lowest BCUT2D eigenvalue weighted by Crippen LogP contribution is -2.61. The highest BCUT2D eigenvalue weighted by Crippen LogP contribution is 2.26. The largest absolute Gasteiger partial charge is 0.454 e. The smallest absolute Gasteiger partial charge is 0.306 e. The Balaban J connectivity index is 2.65. The minimum atomic E-state index is -1.62. The zero-order valence-electron chi connectivity index (χ0n) is 47.5. The number of nitrogens with one attached hydrogen (secondary N) is 1. The van der Waals surface area contributed by atoms with E-state index in [1.54, 1.807) is 6.08 Å². The van der Waals surface area contributed by atoms with Crippen molar-refractivity contribution in [2.45, 2.75) is 314 Å². The molecule has 1 aliphatic rings. The summed E-state index contributed by atoms with van der Waals surface area (Å²) in [5.41, 5.74) is 0. The third-order valence-electron chi connectivity index (χ3n) is 14.1. The molecule has 1 heterocycles. The summed E-state index contributed by atoms with van der Waals surface area (Å²) in [7, 11) is 0. The first-order valence-electron chi connectivity index (χ1n) is 30.6. The lowest BCUT2D eigenvalue weighted by Gasteiger charge is -2.41. The summed E-state index contributed by atoms with van der Waals surface area (Å²) in [5, 5.41) is 56.9. The Bertz CT molecular complexity index is 1430. The molecule has 11 nitrogen and oxygen atoms in total. The topological polar surface area (TPSA) is 175 Å². The molecule has 0 saturated carbocycles. The molecule has 0 bridgehead atoms. The summed E-state index contributed by atoms with van der Waals surface area (Å²) in [6, 6.07) is -1.03. The molecule has 6 N–H and O–H groups in total. The second-order valence-electron chi connectivity index (χ2n) is 21.1. The van der Waals surface area contributed by atoms with E-state index < -0.39 is 67.4 Å². The van der Waals surface area contributed by atoms with Gasteiger partial charge in [-0.1, -0.05) is 236 Å². The Labute approximate surface area is 452 Å². The number of allylic oxidation sites excluding steroid dienone is 9. The molecule has 1 amide bonds. The lowest BCUT2D eigenvalue weighted by molar-refractivity contribution is -0.305. The van der Waals surface area contributed by atoms with E-state index in [0.717, 1.165) is 96.3 Å². The van der Waals surface area contributed by atoms with E-state index in [2.05, 4.69) is 74.7 Å². The molecule has 0 aliphatic carbocycles. The number of aliphatic hydroxyl groups is 5. The van der Waals surface area contributed by atoms with Gasteiger partial charge in [0.1, 0.15) is 24.4 Å². The zero-order valence-corrected chi connectivity index (χ0v) is 47.5. The number of esters is 1. The van der Waals surface area contributed by atoms with Gasteiger partial charge in [0.25, 0.3) is 0 Å². The van der Waals surface area contributed by atoms with E-state index in [9.17, 15) is 35.1 Å². The minimum absolute atomic E-state index is 0.112. The number of hydrogen-bond donors (Lipinski definition) is 6. The molecule has 74 heavy (non-hydrogen) atoms. The summed E-state index contributed by atoms with van der Waals surface area (Å²) >= 11 is 0. The van der Waals surface area contributed by atoms with Crippen molar-refractivity contribution in [2.75, 3.05) is 13.2 Å². The van der Waals surface area contributed by atoms with Crippen LogP contribution < -0.4 is 5.32 Å². The molecular weight excluding hydrogens is 931 g/mol. The van der Waals surface area contributed by atoms with Crippen molar-refractivity contribution in [3.63, 3.8) is 0 Å². The van der Waals surface area contributed by atoms with Crippen LogP contribution in [-0.4, -0.2) is 99.6 Å². The SMILES string of the molecule is CCCC/C=C\CCCCCCCC(=O)OC1C(OCC(NC(=O)C(O)CCCCCCCCCCC/C=C\C/C=C\C/C=C\CCCCC)C(O)/C=C/CCCCCCCCCCCC)OC(CO)C(O)C1O.